The number of rotatable bonds is 0. The number of aromatic amines is 1. The van der Waals surface area contributed by atoms with Gasteiger partial charge in [0.25, 0.3) is 5.56 Å². The Hall–Kier alpha value is 0.850. The molecule has 0 fully saturated rings. The van der Waals surface area contributed by atoms with Gasteiger partial charge >= 0.3 is 77.6 Å². The van der Waals surface area contributed by atoms with Gasteiger partial charge in [0.1, 0.15) is 4.60 Å². The summed E-state index contributed by atoms with van der Waals surface area (Å²) in [5, 5.41) is 4.04. The van der Waals surface area contributed by atoms with Crippen LogP contribution in [-0.2, 0) is 0 Å². The monoisotopic (exact) mass is 855 g/mol. The first-order valence-electron chi connectivity index (χ1n) is 7.76. The molecule has 3 nitrogen and oxygen atoms in total. The van der Waals surface area contributed by atoms with Crippen molar-refractivity contribution in [2.45, 2.75) is 0 Å². The van der Waals surface area contributed by atoms with Gasteiger partial charge in [-0.05, 0) is 49.4 Å². The van der Waals surface area contributed by atoms with Crippen LogP contribution < -0.4 is 5.56 Å². The van der Waals surface area contributed by atoms with Crippen LogP contribution in [0.5, 0.6) is 0 Å². The summed E-state index contributed by atoms with van der Waals surface area (Å²) in [5.74, 6) is 0. The third kappa shape index (κ3) is 9.89. The largest absolute Gasteiger partial charge is 0.329 e. The zero-order valence-electron chi connectivity index (χ0n) is 14.3. The summed E-state index contributed by atoms with van der Waals surface area (Å²) in [7, 11) is 0. The molecule has 1 N–H and O–H groups in total. The first kappa shape index (κ1) is 26.1. The van der Waals surface area contributed by atoms with Crippen LogP contribution in [-0.4, -0.2) is 9.97 Å². The van der Waals surface area contributed by atoms with Gasteiger partial charge in [0.05, 0.1) is 0 Å². The number of hydrogen-bond donors (Lipinski definition) is 1. The minimum atomic E-state index is -1.99. The number of hydrogen-bond acceptors (Lipinski definition) is 2. The maximum atomic E-state index is 11.1. The molecule has 0 saturated heterocycles. The molecule has 154 valence electrons. The summed E-state index contributed by atoms with van der Waals surface area (Å²) in [6, 6.07) is 17.5. The molecule has 11 heteroatoms. The van der Waals surface area contributed by atoms with Gasteiger partial charge in [-0.25, -0.2) is 4.98 Å². The van der Waals surface area contributed by atoms with E-state index in [1.54, 1.807) is 12.4 Å². The number of H-pyrrole nitrogens is 1. The van der Waals surface area contributed by atoms with E-state index in [4.69, 9.17) is 0 Å². The zero-order valence-corrected chi connectivity index (χ0v) is 26.3. The standard InChI is InChI=1S/C9H5Br2N.C9H7NO.Br5P/c10-8-5-12-9(11)7-4-2-1-3-6(7)8;11-9-8-4-2-1-3-7(8)5-6-10-9;1-6(2,3,4)5/h1-5H;1-6H,(H,10,11);. The molecule has 0 unspecified atom stereocenters. The van der Waals surface area contributed by atoms with Crippen LogP contribution in [0.2, 0.25) is 0 Å². The molecule has 2 aromatic heterocycles. The van der Waals surface area contributed by atoms with Crippen LogP contribution >= 0.6 is 109 Å². The van der Waals surface area contributed by atoms with Gasteiger partial charge in [-0.1, -0.05) is 42.5 Å². The van der Waals surface area contributed by atoms with E-state index >= 15 is 0 Å². The fraction of sp³-hybridized carbons (Fsp3) is 0. The molecule has 0 atom stereocenters. The third-order valence-corrected chi connectivity index (χ3v) is 4.64. The summed E-state index contributed by atoms with van der Waals surface area (Å²) >= 11 is 23.2. The van der Waals surface area contributed by atoms with E-state index < -0.39 is 0.115 Å². The van der Waals surface area contributed by atoms with Gasteiger partial charge in [-0.2, -0.15) is 0 Å². The van der Waals surface area contributed by atoms with Crippen molar-refractivity contribution in [2.75, 3.05) is 0 Å². The maximum Gasteiger partial charge on any atom is 0.255 e. The molecule has 4 rings (SSSR count). The molecule has 0 amide bonds. The van der Waals surface area contributed by atoms with Crippen LogP contribution in [0.15, 0.2) is 80.9 Å². The van der Waals surface area contributed by atoms with E-state index in [0.717, 1.165) is 25.2 Å². The van der Waals surface area contributed by atoms with Crippen molar-refractivity contribution in [2.24, 2.45) is 0 Å². The van der Waals surface area contributed by atoms with Crippen LogP contribution in [0.25, 0.3) is 21.5 Å². The van der Waals surface area contributed by atoms with Crippen molar-refractivity contribution in [3.63, 3.8) is 0 Å². The number of nitrogens with zero attached hydrogens (tertiary/aromatic N) is 1. The van der Waals surface area contributed by atoms with Gasteiger partial charge in [0, 0.05) is 33.0 Å². The molecule has 2 aromatic carbocycles. The second-order valence-electron chi connectivity index (χ2n) is 5.48. The first-order valence-corrected chi connectivity index (χ1v) is 21.7. The Kier molecular flexibility index (Phi) is 10.0. The molecule has 4 aromatic rings. The fourth-order valence-corrected chi connectivity index (χ4v) is 3.15. The maximum absolute atomic E-state index is 11.1. The molecule has 0 aliphatic heterocycles. The molecular formula is C18H12Br7N2OP. The topological polar surface area (TPSA) is 45.8 Å². The molecule has 0 spiro atoms. The number of benzene rings is 2. The Morgan fingerprint density at radius 2 is 1.28 bits per heavy atom. The van der Waals surface area contributed by atoms with E-state index in [9.17, 15) is 4.79 Å². The van der Waals surface area contributed by atoms with E-state index in [2.05, 4.69) is 125 Å². The van der Waals surface area contributed by atoms with Crippen molar-refractivity contribution in [1.82, 2.24) is 9.97 Å². The predicted octanol–water partition coefficient (Wildman–Crippen LogP) is 10.4. The quantitative estimate of drug-likeness (QED) is 0.141. The Balaban J connectivity index is 0.000000165. The number of fused-ring (bicyclic) bond motifs is 2. The van der Waals surface area contributed by atoms with E-state index in [1.165, 1.54) is 5.39 Å². The second kappa shape index (κ2) is 11.1. The number of nitrogens with one attached hydrogen (secondary N) is 1. The average molecular weight is 863 g/mol. The van der Waals surface area contributed by atoms with Gasteiger partial charge in [0.15, 0.2) is 0 Å². The van der Waals surface area contributed by atoms with Crippen molar-refractivity contribution >= 4 is 131 Å². The summed E-state index contributed by atoms with van der Waals surface area (Å²) in [6.07, 6.45) is 3.46. The normalized spacial score (nSPS) is 12.2. The third-order valence-electron chi connectivity index (χ3n) is 3.38. The predicted molar refractivity (Wildman–Crippen MR) is 153 cm³/mol. The van der Waals surface area contributed by atoms with Crippen LogP contribution in [0.3, 0.4) is 0 Å². The Bertz CT molecular complexity index is 1130. The molecule has 29 heavy (non-hydrogen) atoms. The van der Waals surface area contributed by atoms with Gasteiger partial charge in [0.2, 0.25) is 0 Å². The van der Waals surface area contributed by atoms with Crippen molar-refractivity contribution in [1.29, 1.82) is 0 Å². The SMILES string of the molecule is BrP(Br)(Br)(Br)Br.Brc1cnc(Br)c2ccccc12.O=c1[nH]ccc2ccccc12. The summed E-state index contributed by atoms with van der Waals surface area (Å²) in [4.78, 5) is 17.9. The minimum absolute atomic E-state index is 0.0249. The smallest absolute Gasteiger partial charge is 0.255 e. The Labute approximate surface area is 224 Å². The fourth-order valence-electron chi connectivity index (χ4n) is 2.26. The van der Waals surface area contributed by atoms with Gasteiger partial charge in [-0.15, -0.1) is 0 Å². The summed E-state index contributed by atoms with van der Waals surface area (Å²) < 4.78 is -0.0684. The number of aromatic nitrogens is 2. The van der Waals surface area contributed by atoms with E-state index in [-0.39, 0.29) is 5.56 Å². The molecular weight excluding hydrogens is 851 g/mol. The molecule has 0 bridgehead atoms. The van der Waals surface area contributed by atoms with Gasteiger partial charge < -0.3 is 4.98 Å². The zero-order chi connectivity index (χ0) is 21.7. The Morgan fingerprint density at radius 1 is 0.759 bits per heavy atom. The van der Waals surface area contributed by atoms with Crippen molar-refractivity contribution in [3.05, 3.63) is 86.4 Å². The van der Waals surface area contributed by atoms with Crippen LogP contribution in [0.1, 0.15) is 0 Å². The molecule has 0 saturated carbocycles. The molecule has 0 aliphatic carbocycles. The van der Waals surface area contributed by atoms with Crippen molar-refractivity contribution < 1.29 is 0 Å². The molecule has 2 heterocycles. The summed E-state index contributed by atoms with van der Waals surface area (Å²) in [5.41, 5.74) is -0.0249. The number of pyridine rings is 2. The van der Waals surface area contributed by atoms with Crippen LogP contribution in [0.4, 0.5) is 0 Å². The van der Waals surface area contributed by atoms with Gasteiger partial charge in [-0.3, -0.25) is 4.79 Å². The number of halogens is 7. The summed E-state index contributed by atoms with van der Waals surface area (Å²) in [6.45, 7) is 0. The van der Waals surface area contributed by atoms with E-state index in [1.807, 2.05) is 48.5 Å². The minimum Gasteiger partial charge on any atom is -0.329 e. The van der Waals surface area contributed by atoms with E-state index in [0.29, 0.717) is 0 Å². The van der Waals surface area contributed by atoms with Crippen LogP contribution in [0, 0.1) is 0 Å². The Morgan fingerprint density at radius 3 is 1.83 bits per heavy atom. The van der Waals surface area contributed by atoms with Crippen molar-refractivity contribution in [3.8, 4) is 0 Å². The average Bonchev–Trinajstić information content (AvgIpc) is 2.64. The second-order valence-corrected chi connectivity index (χ2v) is 58.2. The molecule has 0 aliphatic rings. The molecule has 0 radical (unpaired) electrons. The first-order chi connectivity index (χ1) is 13.4.